The van der Waals surface area contributed by atoms with Crippen LogP contribution in [0.4, 0.5) is 17.1 Å². The minimum Gasteiger partial charge on any atom is -0.378 e. The molecule has 0 heterocycles. The zero-order valence-corrected chi connectivity index (χ0v) is 15.8. The summed E-state index contributed by atoms with van der Waals surface area (Å²) >= 11 is 0. The number of benzene rings is 3. The van der Waals surface area contributed by atoms with E-state index in [0.29, 0.717) is 0 Å². The van der Waals surface area contributed by atoms with Crippen LogP contribution in [0.2, 0.25) is 0 Å². The lowest BCUT2D eigenvalue weighted by Crippen LogP contribution is -2.07. The van der Waals surface area contributed by atoms with Crippen LogP contribution in [-0.4, -0.2) is 25.2 Å². The largest absolute Gasteiger partial charge is 0.378 e. The number of hydrogen-bond acceptors (Lipinski definition) is 4. The molecule has 0 spiro atoms. The Morgan fingerprint density at radius 1 is 0.786 bits per heavy atom. The zero-order valence-electron chi connectivity index (χ0n) is 15.8. The van der Waals surface area contributed by atoms with Crippen molar-refractivity contribution in [2.75, 3.05) is 19.0 Å². The van der Waals surface area contributed by atoms with Gasteiger partial charge >= 0.3 is 0 Å². The number of hydrogen-bond donors (Lipinski definition) is 0. The number of nitrogens with zero attached hydrogens (tertiary/aromatic N) is 3. The van der Waals surface area contributed by atoms with E-state index in [1.807, 2.05) is 38.4 Å². The van der Waals surface area contributed by atoms with Gasteiger partial charge in [0.25, 0.3) is 5.69 Å². The number of non-ortho nitro benzene ring substituents is 1. The molecule has 0 aromatic heterocycles. The van der Waals surface area contributed by atoms with Gasteiger partial charge in [-0.25, -0.2) is 0 Å². The van der Waals surface area contributed by atoms with Gasteiger partial charge in [0.05, 0.1) is 10.6 Å². The second-order valence-electron chi connectivity index (χ2n) is 6.52. The molecule has 140 valence electrons. The highest BCUT2D eigenvalue weighted by Crippen LogP contribution is 2.18. The molecule has 0 aliphatic carbocycles. The molecule has 0 saturated carbocycles. The molecule has 0 aliphatic heterocycles. The van der Waals surface area contributed by atoms with Crippen LogP contribution in [-0.2, 0) is 0 Å². The number of anilines is 1. The van der Waals surface area contributed by atoms with Crippen molar-refractivity contribution in [1.82, 2.24) is 0 Å². The molecule has 28 heavy (non-hydrogen) atoms. The maximum Gasteiger partial charge on any atom is 0.269 e. The van der Waals surface area contributed by atoms with Gasteiger partial charge < -0.3 is 4.90 Å². The van der Waals surface area contributed by atoms with Gasteiger partial charge in [-0.15, -0.1) is 0 Å². The van der Waals surface area contributed by atoms with E-state index in [-0.39, 0.29) is 5.69 Å². The molecule has 0 aliphatic rings. The van der Waals surface area contributed by atoms with E-state index in [0.717, 1.165) is 22.4 Å². The van der Waals surface area contributed by atoms with Crippen molar-refractivity contribution in [3.05, 3.63) is 99.6 Å². The van der Waals surface area contributed by atoms with Gasteiger partial charge in [-0.3, -0.25) is 15.1 Å². The molecule has 0 amide bonds. The summed E-state index contributed by atoms with van der Waals surface area (Å²) in [5.41, 5.74) is 5.12. The Kier molecular flexibility index (Phi) is 5.97. The third-order valence-corrected chi connectivity index (χ3v) is 4.24. The summed E-state index contributed by atoms with van der Waals surface area (Å²) in [6.07, 6.45) is 5.84. The van der Waals surface area contributed by atoms with Crippen LogP contribution in [0.1, 0.15) is 16.7 Å². The Labute approximate surface area is 164 Å². The number of rotatable bonds is 6. The molecule has 0 unspecified atom stereocenters. The summed E-state index contributed by atoms with van der Waals surface area (Å²) in [6.45, 7) is 0. The molecule has 3 aromatic carbocycles. The summed E-state index contributed by atoms with van der Waals surface area (Å²) in [5, 5.41) is 10.7. The fourth-order valence-corrected chi connectivity index (χ4v) is 2.58. The van der Waals surface area contributed by atoms with Gasteiger partial charge in [0.2, 0.25) is 0 Å². The van der Waals surface area contributed by atoms with E-state index in [9.17, 15) is 10.1 Å². The minimum atomic E-state index is -0.413. The summed E-state index contributed by atoms with van der Waals surface area (Å²) in [4.78, 5) is 16.7. The second-order valence-corrected chi connectivity index (χ2v) is 6.52. The fraction of sp³-hybridized carbons (Fsp3) is 0.0870. The van der Waals surface area contributed by atoms with Gasteiger partial charge in [0.15, 0.2) is 0 Å². The van der Waals surface area contributed by atoms with E-state index >= 15 is 0 Å². The molecular formula is C23H21N3O2. The molecule has 0 radical (unpaired) electrons. The fourth-order valence-electron chi connectivity index (χ4n) is 2.58. The number of aliphatic imine (C=N–C) groups is 1. The highest BCUT2D eigenvalue weighted by Gasteiger charge is 2.02. The van der Waals surface area contributed by atoms with E-state index in [1.54, 1.807) is 18.3 Å². The molecule has 0 N–H and O–H groups in total. The summed E-state index contributed by atoms with van der Waals surface area (Å²) in [7, 11) is 4.05. The van der Waals surface area contributed by atoms with Crippen LogP contribution in [0.25, 0.3) is 12.2 Å². The van der Waals surface area contributed by atoms with Crippen molar-refractivity contribution in [2.45, 2.75) is 0 Å². The molecule has 5 heteroatoms. The van der Waals surface area contributed by atoms with Crippen LogP contribution < -0.4 is 4.90 Å². The van der Waals surface area contributed by atoms with Gasteiger partial charge in [-0.05, 0) is 53.1 Å². The van der Waals surface area contributed by atoms with Crippen molar-refractivity contribution in [1.29, 1.82) is 0 Å². The molecule has 0 atom stereocenters. The summed E-state index contributed by atoms with van der Waals surface area (Å²) < 4.78 is 0. The lowest BCUT2D eigenvalue weighted by Gasteiger charge is -2.11. The molecule has 3 rings (SSSR count). The Bertz CT molecular complexity index is 988. The highest BCUT2D eigenvalue weighted by atomic mass is 16.6. The molecule has 5 nitrogen and oxygen atoms in total. The smallest absolute Gasteiger partial charge is 0.269 e. The number of nitro benzene ring substituents is 1. The van der Waals surface area contributed by atoms with Crippen molar-refractivity contribution in [3.63, 3.8) is 0 Å². The predicted molar refractivity (Wildman–Crippen MR) is 116 cm³/mol. The topological polar surface area (TPSA) is 58.7 Å². The molecule has 0 fully saturated rings. The molecule has 3 aromatic rings. The third-order valence-electron chi connectivity index (χ3n) is 4.24. The lowest BCUT2D eigenvalue weighted by atomic mass is 10.1. The van der Waals surface area contributed by atoms with Crippen LogP contribution in [0.15, 0.2) is 77.8 Å². The quantitative estimate of drug-likeness (QED) is 0.246. The Balaban J connectivity index is 1.63. The van der Waals surface area contributed by atoms with Gasteiger partial charge in [0.1, 0.15) is 0 Å². The lowest BCUT2D eigenvalue weighted by molar-refractivity contribution is -0.384. The Morgan fingerprint density at radius 3 is 1.79 bits per heavy atom. The predicted octanol–water partition coefficient (Wildman–Crippen LogP) is 5.58. The van der Waals surface area contributed by atoms with Crippen LogP contribution in [0.5, 0.6) is 0 Å². The molecule has 0 saturated heterocycles. The Hall–Kier alpha value is -3.73. The average molecular weight is 371 g/mol. The van der Waals surface area contributed by atoms with Gasteiger partial charge in [-0.1, -0.05) is 36.4 Å². The third kappa shape index (κ3) is 5.14. The van der Waals surface area contributed by atoms with Crippen molar-refractivity contribution < 1.29 is 4.92 Å². The first kappa shape index (κ1) is 19.0. The minimum absolute atomic E-state index is 0.0737. The maximum atomic E-state index is 10.7. The Morgan fingerprint density at radius 2 is 1.29 bits per heavy atom. The first-order valence-corrected chi connectivity index (χ1v) is 8.85. The van der Waals surface area contributed by atoms with E-state index in [4.69, 9.17) is 0 Å². The summed E-state index contributed by atoms with van der Waals surface area (Å²) in [6, 6.07) is 22.6. The molecule has 0 bridgehead atoms. The highest BCUT2D eigenvalue weighted by molar-refractivity contribution is 5.82. The first-order chi connectivity index (χ1) is 13.5. The molecular weight excluding hydrogens is 350 g/mol. The van der Waals surface area contributed by atoms with Crippen LogP contribution in [0.3, 0.4) is 0 Å². The van der Waals surface area contributed by atoms with Crippen molar-refractivity contribution in [2.24, 2.45) is 4.99 Å². The van der Waals surface area contributed by atoms with Crippen molar-refractivity contribution in [3.8, 4) is 0 Å². The normalized spacial score (nSPS) is 11.2. The summed E-state index contributed by atoms with van der Waals surface area (Å²) in [5.74, 6) is 0. The monoisotopic (exact) mass is 371 g/mol. The van der Waals surface area contributed by atoms with Gasteiger partial charge in [0, 0.05) is 38.1 Å². The van der Waals surface area contributed by atoms with E-state index in [1.165, 1.54) is 17.8 Å². The van der Waals surface area contributed by atoms with E-state index in [2.05, 4.69) is 46.3 Å². The zero-order chi connectivity index (χ0) is 19.9. The standard InChI is InChI=1S/C23H21N3O2/c1-25(2)22-13-7-19(8-14-22)4-3-18-5-11-21(12-6-18)24-17-20-9-15-23(16-10-20)26(27)28/h3-17H,1-2H3/b4-3+,24-17?. The maximum absolute atomic E-state index is 10.7. The second kappa shape index (κ2) is 8.77. The SMILES string of the molecule is CN(C)c1ccc(/C=C/c2ccc(N=Cc3ccc([N+](=O)[O-])cc3)cc2)cc1. The van der Waals surface area contributed by atoms with Crippen LogP contribution >= 0.6 is 0 Å². The first-order valence-electron chi connectivity index (χ1n) is 8.85. The number of nitro groups is 1. The van der Waals surface area contributed by atoms with Gasteiger partial charge in [-0.2, -0.15) is 0 Å². The van der Waals surface area contributed by atoms with Crippen molar-refractivity contribution >= 4 is 35.4 Å². The van der Waals surface area contributed by atoms with Crippen LogP contribution in [0, 0.1) is 10.1 Å². The average Bonchev–Trinajstić information content (AvgIpc) is 2.72. The van der Waals surface area contributed by atoms with E-state index < -0.39 is 4.92 Å².